The zero-order chi connectivity index (χ0) is 15.0. The van der Waals surface area contributed by atoms with Crippen molar-refractivity contribution in [3.8, 4) is 11.4 Å². The largest absolute Gasteiger partial charge is 0.508 e. The van der Waals surface area contributed by atoms with E-state index in [-0.39, 0.29) is 11.4 Å². The van der Waals surface area contributed by atoms with Crippen molar-refractivity contribution in [1.82, 2.24) is 19.7 Å². The fourth-order valence-electron chi connectivity index (χ4n) is 2.09. The second-order valence-electron chi connectivity index (χ2n) is 4.23. The Morgan fingerprint density at radius 3 is 2.67 bits per heavy atom. The molecule has 3 rings (SSSR count). The third-order valence-electron chi connectivity index (χ3n) is 3.04. The first-order valence-electron chi connectivity index (χ1n) is 5.99. The molecular formula is C12H13N7OS. The van der Waals surface area contributed by atoms with Gasteiger partial charge in [0.25, 0.3) is 5.62 Å². The number of fused-ring (bicyclic) bond motifs is 1. The Labute approximate surface area is 123 Å². The molecule has 2 aromatic heterocycles. The number of anilines is 1. The minimum absolute atomic E-state index is 0.159. The minimum atomic E-state index is 0.159. The predicted octanol–water partition coefficient (Wildman–Crippen LogP) is 0.533. The molecule has 1 aromatic carbocycles. The van der Waals surface area contributed by atoms with E-state index < -0.39 is 0 Å². The number of nitrogens with zero attached hydrogens (tertiary/aromatic N) is 4. The number of nitrogen functional groups attached to an aromatic ring is 1. The molecule has 0 aliphatic heterocycles. The zero-order valence-electron chi connectivity index (χ0n) is 11.1. The summed E-state index contributed by atoms with van der Waals surface area (Å²) < 4.78 is 1.61. The van der Waals surface area contributed by atoms with Crippen LogP contribution in [0.2, 0.25) is 0 Å². The molecule has 0 saturated heterocycles. The molecule has 0 fully saturated rings. The molecule has 6 N–H and O–H groups in total. The number of phenolic OH excluding ortho intramolecular Hbond substituents is 1. The van der Waals surface area contributed by atoms with Crippen molar-refractivity contribution in [3.05, 3.63) is 29.9 Å². The first-order chi connectivity index (χ1) is 10.2. The molecule has 0 aliphatic rings. The summed E-state index contributed by atoms with van der Waals surface area (Å²) in [5, 5.41) is 21.5. The molecule has 0 saturated carbocycles. The highest BCUT2D eigenvalue weighted by molar-refractivity contribution is 7.98. The van der Waals surface area contributed by atoms with E-state index in [1.165, 1.54) is 11.8 Å². The molecule has 8 nitrogen and oxygen atoms in total. The summed E-state index contributed by atoms with van der Waals surface area (Å²) in [6, 6.07) is 6.51. The number of phenols is 1. The summed E-state index contributed by atoms with van der Waals surface area (Å²) in [7, 11) is 0. The van der Waals surface area contributed by atoms with Gasteiger partial charge in [-0.3, -0.25) is 9.67 Å². The maximum Gasteiger partial charge on any atom is 0.254 e. The van der Waals surface area contributed by atoms with E-state index in [0.717, 1.165) is 5.03 Å². The molecular weight excluding hydrogens is 290 g/mol. The van der Waals surface area contributed by atoms with E-state index in [9.17, 15) is 5.11 Å². The number of thioether (sulfide) groups is 1. The highest BCUT2D eigenvalue weighted by atomic mass is 32.2. The van der Waals surface area contributed by atoms with Gasteiger partial charge in [0.05, 0.1) is 11.1 Å². The van der Waals surface area contributed by atoms with Gasteiger partial charge in [0.15, 0.2) is 5.65 Å². The Hall–Kier alpha value is -2.68. The molecule has 9 heteroatoms. The van der Waals surface area contributed by atoms with Gasteiger partial charge >= 0.3 is 0 Å². The fraction of sp³-hybridized carbons (Fsp3) is 0.0833. The van der Waals surface area contributed by atoms with E-state index in [0.29, 0.717) is 22.5 Å². The van der Waals surface area contributed by atoms with Crippen LogP contribution in [0.1, 0.15) is 0 Å². The smallest absolute Gasteiger partial charge is 0.254 e. The molecule has 0 unspecified atom stereocenters. The molecule has 108 valence electrons. The number of hydrogen-bond acceptors (Lipinski definition) is 7. The normalized spacial score (nSPS) is 12.1. The van der Waals surface area contributed by atoms with Crippen molar-refractivity contribution in [2.75, 3.05) is 12.0 Å². The Morgan fingerprint density at radius 1 is 1.33 bits per heavy atom. The van der Waals surface area contributed by atoms with Gasteiger partial charge in [0.1, 0.15) is 16.6 Å². The molecule has 0 amide bonds. The maximum absolute atomic E-state index is 9.40. The van der Waals surface area contributed by atoms with Gasteiger partial charge < -0.3 is 16.7 Å². The standard InChI is InChI=1S/C12H13N7OS/c1-21-11-8-9(13)19(6-2-4-7(20)5-3-6)12(16-14)15-10(8)17-18-11/h2-5,20H,13-14H2,1H3,(H,15,16,17). The molecule has 2 heterocycles. The van der Waals surface area contributed by atoms with E-state index in [1.54, 1.807) is 28.8 Å². The highest BCUT2D eigenvalue weighted by Gasteiger charge is 2.15. The van der Waals surface area contributed by atoms with Crippen LogP contribution >= 0.6 is 11.8 Å². The van der Waals surface area contributed by atoms with Gasteiger partial charge in [-0.1, -0.05) is 0 Å². The van der Waals surface area contributed by atoms with Crippen molar-refractivity contribution in [3.63, 3.8) is 0 Å². The van der Waals surface area contributed by atoms with Gasteiger partial charge in [0, 0.05) is 0 Å². The number of rotatable bonds is 2. The Balaban J connectivity index is 2.40. The second-order valence-corrected chi connectivity index (χ2v) is 5.03. The lowest BCUT2D eigenvalue weighted by atomic mass is 10.3. The van der Waals surface area contributed by atoms with Crippen molar-refractivity contribution in [1.29, 1.82) is 0 Å². The number of H-pyrrole nitrogens is 1. The van der Waals surface area contributed by atoms with Crippen molar-refractivity contribution in [2.24, 2.45) is 10.9 Å². The molecule has 0 spiro atoms. The number of aromatic amines is 1. The van der Waals surface area contributed by atoms with E-state index in [4.69, 9.17) is 11.6 Å². The first-order valence-corrected chi connectivity index (χ1v) is 7.22. The van der Waals surface area contributed by atoms with Gasteiger partial charge in [-0.2, -0.15) is 10.1 Å². The summed E-state index contributed by atoms with van der Waals surface area (Å²) in [4.78, 5) is 4.32. The number of benzene rings is 1. The number of hydrogen-bond donors (Lipinski definition) is 4. The molecule has 21 heavy (non-hydrogen) atoms. The maximum atomic E-state index is 9.40. The summed E-state index contributed by atoms with van der Waals surface area (Å²) in [5.41, 5.74) is 7.71. The van der Waals surface area contributed by atoms with Gasteiger partial charge in [-0.15, -0.1) is 16.9 Å². The number of nitrogens with two attached hydrogens (primary N) is 2. The van der Waals surface area contributed by atoms with Crippen molar-refractivity contribution >= 4 is 28.6 Å². The molecule has 3 aromatic rings. The van der Waals surface area contributed by atoms with Crippen LogP contribution < -0.4 is 17.2 Å². The summed E-state index contributed by atoms with van der Waals surface area (Å²) in [6.45, 7) is 0. The summed E-state index contributed by atoms with van der Waals surface area (Å²) in [5.74, 6) is 6.00. The Morgan fingerprint density at radius 2 is 2.05 bits per heavy atom. The van der Waals surface area contributed by atoms with Gasteiger partial charge in [-0.05, 0) is 30.5 Å². The third kappa shape index (κ3) is 2.07. The summed E-state index contributed by atoms with van der Waals surface area (Å²) >= 11 is 1.46. The van der Waals surface area contributed by atoms with Crippen LogP contribution in [0, 0.1) is 0 Å². The molecule has 0 radical (unpaired) electrons. The highest BCUT2D eigenvalue weighted by Crippen LogP contribution is 2.27. The minimum Gasteiger partial charge on any atom is -0.508 e. The number of aromatic hydroxyl groups is 1. The fourth-order valence-corrected chi connectivity index (χ4v) is 2.63. The van der Waals surface area contributed by atoms with Crippen LogP contribution in [-0.2, 0) is 0 Å². The first kappa shape index (κ1) is 13.3. The number of aromatic nitrogens is 4. The average Bonchev–Trinajstić information content (AvgIpc) is 2.91. The lowest BCUT2D eigenvalue weighted by molar-refractivity contribution is 0.475. The Bertz CT molecular complexity index is 866. The molecule has 0 aliphatic carbocycles. The van der Waals surface area contributed by atoms with Gasteiger partial charge in [0.2, 0.25) is 0 Å². The SMILES string of the molecule is CSc1n[nH]c2n/c(=N/N)n(-c3ccc(O)cc3)c(N)c12. The van der Waals surface area contributed by atoms with Crippen molar-refractivity contribution in [2.45, 2.75) is 5.03 Å². The van der Waals surface area contributed by atoms with Crippen LogP contribution in [0.25, 0.3) is 16.7 Å². The van der Waals surface area contributed by atoms with E-state index in [2.05, 4.69) is 20.3 Å². The third-order valence-corrected chi connectivity index (χ3v) is 3.72. The lowest BCUT2D eigenvalue weighted by Gasteiger charge is -2.11. The quantitative estimate of drug-likeness (QED) is 0.310. The van der Waals surface area contributed by atoms with Crippen LogP contribution in [0.3, 0.4) is 0 Å². The zero-order valence-corrected chi connectivity index (χ0v) is 11.9. The van der Waals surface area contributed by atoms with E-state index >= 15 is 0 Å². The molecule has 0 atom stereocenters. The predicted molar refractivity (Wildman–Crippen MR) is 80.8 cm³/mol. The van der Waals surface area contributed by atoms with Crippen LogP contribution in [0.4, 0.5) is 5.82 Å². The molecule has 0 bridgehead atoms. The van der Waals surface area contributed by atoms with Crippen LogP contribution in [0.5, 0.6) is 5.75 Å². The van der Waals surface area contributed by atoms with Gasteiger partial charge in [-0.25, -0.2) is 0 Å². The topological polar surface area (TPSA) is 131 Å². The summed E-state index contributed by atoms with van der Waals surface area (Å²) in [6.07, 6.45) is 1.90. The number of nitrogens with one attached hydrogen (secondary N) is 1. The van der Waals surface area contributed by atoms with E-state index in [1.807, 2.05) is 6.26 Å². The monoisotopic (exact) mass is 303 g/mol. The average molecular weight is 303 g/mol. The van der Waals surface area contributed by atoms with Crippen LogP contribution in [0.15, 0.2) is 34.4 Å². The second kappa shape index (κ2) is 5.02. The van der Waals surface area contributed by atoms with Crippen molar-refractivity contribution < 1.29 is 5.11 Å². The lowest BCUT2D eigenvalue weighted by Crippen LogP contribution is -2.27. The van der Waals surface area contributed by atoms with Crippen LogP contribution in [-0.4, -0.2) is 31.1 Å². The Kier molecular flexibility index (Phi) is 3.18.